The normalized spacial score (nSPS) is 10.0. The van der Waals surface area contributed by atoms with E-state index in [1.165, 1.54) is 6.08 Å². The summed E-state index contributed by atoms with van der Waals surface area (Å²) in [6, 6.07) is 17.5. The molecule has 0 spiro atoms. The molecule has 3 aromatic rings. The summed E-state index contributed by atoms with van der Waals surface area (Å²) < 4.78 is 0. The van der Waals surface area contributed by atoms with Crippen LogP contribution in [0.2, 0.25) is 5.02 Å². The summed E-state index contributed by atoms with van der Waals surface area (Å²) in [5.74, 6) is 0.133. The van der Waals surface area contributed by atoms with E-state index in [4.69, 9.17) is 11.6 Å². The Labute approximate surface area is 167 Å². The van der Waals surface area contributed by atoms with Gasteiger partial charge in [0.25, 0.3) is 0 Å². The van der Waals surface area contributed by atoms with E-state index in [1.807, 2.05) is 18.2 Å². The molecule has 1 heterocycles. The topological polar surface area (TPSA) is 83.1 Å². The smallest absolute Gasteiger partial charge is 0.308 e. The largest absolute Gasteiger partial charge is 0.323 e. The SMILES string of the molecule is C=CC(=O)Nc1ccc(-c2ccc(NC(=O)Nc3ccccc3Cl)cc2)cn1. The van der Waals surface area contributed by atoms with Crippen LogP contribution in [0.4, 0.5) is 22.0 Å². The van der Waals surface area contributed by atoms with E-state index in [-0.39, 0.29) is 11.9 Å². The van der Waals surface area contributed by atoms with Crippen LogP contribution in [-0.2, 0) is 4.79 Å². The van der Waals surface area contributed by atoms with E-state index < -0.39 is 0 Å². The van der Waals surface area contributed by atoms with Crippen LogP contribution in [0.25, 0.3) is 11.1 Å². The number of carbonyl (C=O) groups excluding carboxylic acids is 2. The Morgan fingerprint density at radius 1 is 0.893 bits per heavy atom. The Morgan fingerprint density at radius 3 is 2.25 bits per heavy atom. The van der Waals surface area contributed by atoms with Gasteiger partial charge in [0.2, 0.25) is 5.91 Å². The lowest BCUT2D eigenvalue weighted by Gasteiger charge is -2.10. The van der Waals surface area contributed by atoms with Crippen LogP contribution >= 0.6 is 11.6 Å². The molecule has 0 fully saturated rings. The molecule has 3 amide bonds. The van der Waals surface area contributed by atoms with Crippen molar-refractivity contribution in [1.29, 1.82) is 0 Å². The summed E-state index contributed by atoms with van der Waals surface area (Å²) in [7, 11) is 0. The van der Waals surface area contributed by atoms with Crippen molar-refractivity contribution < 1.29 is 9.59 Å². The maximum Gasteiger partial charge on any atom is 0.323 e. The van der Waals surface area contributed by atoms with E-state index in [0.717, 1.165) is 11.1 Å². The molecule has 0 unspecified atom stereocenters. The summed E-state index contributed by atoms with van der Waals surface area (Å²) in [5.41, 5.74) is 2.97. The maximum absolute atomic E-state index is 12.1. The minimum absolute atomic E-state index is 0.314. The molecule has 0 aliphatic heterocycles. The van der Waals surface area contributed by atoms with Gasteiger partial charge in [-0.25, -0.2) is 9.78 Å². The Kier molecular flexibility index (Phi) is 6.04. The van der Waals surface area contributed by atoms with Gasteiger partial charge < -0.3 is 16.0 Å². The van der Waals surface area contributed by atoms with Gasteiger partial charge in [-0.2, -0.15) is 0 Å². The van der Waals surface area contributed by atoms with Crippen molar-refractivity contribution in [2.24, 2.45) is 0 Å². The molecule has 1 aromatic heterocycles. The monoisotopic (exact) mass is 392 g/mol. The van der Waals surface area contributed by atoms with Gasteiger partial charge in [-0.15, -0.1) is 0 Å². The third-order valence-electron chi connectivity index (χ3n) is 3.80. The molecular weight excluding hydrogens is 376 g/mol. The molecule has 0 saturated heterocycles. The van der Waals surface area contributed by atoms with Gasteiger partial charge in [0.15, 0.2) is 0 Å². The van der Waals surface area contributed by atoms with Crippen LogP contribution in [0.1, 0.15) is 0 Å². The fourth-order valence-electron chi connectivity index (χ4n) is 2.41. The number of anilines is 3. The Hall–Kier alpha value is -3.64. The molecule has 140 valence electrons. The van der Waals surface area contributed by atoms with E-state index >= 15 is 0 Å². The highest BCUT2D eigenvalue weighted by atomic mass is 35.5. The van der Waals surface area contributed by atoms with Crippen molar-refractivity contribution in [3.63, 3.8) is 0 Å². The number of nitrogens with one attached hydrogen (secondary N) is 3. The second-order valence-electron chi connectivity index (χ2n) is 5.76. The van der Waals surface area contributed by atoms with Crippen LogP contribution in [0.3, 0.4) is 0 Å². The van der Waals surface area contributed by atoms with Crippen molar-refractivity contribution in [2.45, 2.75) is 0 Å². The predicted octanol–water partition coefficient (Wildman–Crippen LogP) is 5.17. The number of carbonyl (C=O) groups is 2. The highest BCUT2D eigenvalue weighted by Gasteiger charge is 2.06. The number of hydrogen-bond donors (Lipinski definition) is 3. The molecule has 3 rings (SSSR count). The second kappa shape index (κ2) is 8.83. The Bertz CT molecular complexity index is 1000. The molecule has 0 aliphatic rings. The molecular formula is C21H17ClN4O2. The number of pyridine rings is 1. The Morgan fingerprint density at radius 2 is 1.61 bits per heavy atom. The number of urea groups is 1. The number of aromatic nitrogens is 1. The van der Waals surface area contributed by atoms with Gasteiger partial charge in [-0.05, 0) is 48.0 Å². The van der Waals surface area contributed by atoms with Gasteiger partial charge in [0, 0.05) is 17.4 Å². The maximum atomic E-state index is 12.1. The van der Waals surface area contributed by atoms with Crippen molar-refractivity contribution in [3.05, 3.63) is 84.5 Å². The molecule has 0 atom stereocenters. The third kappa shape index (κ3) is 4.96. The first-order chi connectivity index (χ1) is 13.5. The van der Waals surface area contributed by atoms with Crippen molar-refractivity contribution in [2.75, 3.05) is 16.0 Å². The molecule has 6 nitrogen and oxygen atoms in total. The van der Waals surface area contributed by atoms with Crippen LogP contribution < -0.4 is 16.0 Å². The lowest BCUT2D eigenvalue weighted by Crippen LogP contribution is -2.19. The summed E-state index contributed by atoms with van der Waals surface area (Å²) in [4.78, 5) is 27.6. The zero-order valence-corrected chi connectivity index (χ0v) is 15.5. The second-order valence-corrected chi connectivity index (χ2v) is 6.17. The average Bonchev–Trinajstić information content (AvgIpc) is 2.71. The van der Waals surface area contributed by atoms with Crippen LogP contribution in [0.15, 0.2) is 79.5 Å². The molecule has 28 heavy (non-hydrogen) atoms. The minimum Gasteiger partial charge on any atom is -0.308 e. The van der Waals surface area contributed by atoms with Gasteiger partial charge >= 0.3 is 6.03 Å². The van der Waals surface area contributed by atoms with E-state index in [9.17, 15) is 9.59 Å². The van der Waals surface area contributed by atoms with Crippen LogP contribution in [0, 0.1) is 0 Å². The fourth-order valence-corrected chi connectivity index (χ4v) is 2.59. The zero-order chi connectivity index (χ0) is 19.9. The minimum atomic E-state index is -0.384. The molecule has 0 radical (unpaired) electrons. The van der Waals surface area contributed by atoms with Gasteiger partial charge in [0.05, 0.1) is 10.7 Å². The van der Waals surface area contributed by atoms with E-state index in [0.29, 0.717) is 22.2 Å². The number of benzene rings is 2. The summed E-state index contributed by atoms with van der Waals surface area (Å²) in [5, 5.41) is 8.51. The zero-order valence-electron chi connectivity index (χ0n) is 14.8. The quantitative estimate of drug-likeness (QED) is 0.524. The lowest BCUT2D eigenvalue weighted by atomic mass is 10.1. The molecule has 0 bridgehead atoms. The highest BCUT2D eigenvalue weighted by molar-refractivity contribution is 6.33. The fraction of sp³-hybridized carbons (Fsp3) is 0. The molecule has 7 heteroatoms. The molecule has 0 aliphatic carbocycles. The van der Waals surface area contributed by atoms with Crippen molar-refractivity contribution in [1.82, 2.24) is 4.98 Å². The van der Waals surface area contributed by atoms with Gasteiger partial charge in [-0.3, -0.25) is 4.79 Å². The number of halogens is 1. The first kappa shape index (κ1) is 19.1. The van der Waals surface area contributed by atoms with Crippen molar-refractivity contribution in [3.8, 4) is 11.1 Å². The predicted molar refractivity (Wildman–Crippen MR) is 113 cm³/mol. The Balaban J connectivity index is 1.63. The summed E-state index contributed by atoms with van der Waals surface area (Å²) >= 11 is 6.03. The first-order valence-corrected chi connectivity index (χ1v) is 8.75. The number of nitrogens with zero attached hydrogens (tertiary/aromatic N) is 1. The number of para-hydroxylation sites is 1. The van der Waals surface area contributed by atoms with E-state index in [2.05, 4.69) is 27.5 Å². The average molecular weight is 393 g/mol. The van der Waals surface area contributed by atoms with Gasteiger partial charge in [0.1, 0.15) is 5.82 Å². The summed E-state index contributed by atoms with van der Waals surface area (Å²) in [6.45, 7) is 3.40. The summed E-state index contributed by atoms with van der Waals surface area (Å²) in [6.07, 6.45) is 2.84. The van der Waals surface area contributed by atoms with Crippen LogP contribution in [-0.4, -0.2) is 16.9 Å². The van der Waals surface area contributed by atoms with E-state index in [1.54, 1.807) is 48.7 Å². The third-order valence-corrected chi connectivity index (χ3v) is 4.13. The standard InChI is InChI=1S/C21H17ClN4O2/c1-2-20(27)26-19-12-9-15(13-23-19)14-7-10-16(11-8-14)24-21(28)25-18-6-4-3-5-17(18)22/h2-13H,1H2,(H,23,26,27)(H2,24,25,28). The van der Waals surface area contributed by atoms with Crippen molar-refractivity contribution >= 4 is 40.7 Å². The lowest BCUT2D eigenvalue weighted by molar-refractivity contribution is -0.111. The number of rotatable bonds is 5. The number of amides is 3. The number of hydrogen-bond acceptors (Lipinski definition) is 3. The highest BCUT2D eigenvalue weighted by Crippen LogP contribution is 2.23. The molecule has 0 saturated carbocycles. The molecule has 2 aromatic carbocycles. The van der Waals surface area contributed by atoms with Crippen LogP contribution in [0.5, 0.6) is 0 Å². The molecule has 3 N–H and O–H groups in total. The van der Waals surface area contributed by atoms with Gasteiger partial charge in [-0.1, -0.05) is 42.4 Å². The first-order valence-electron chi connectivity index (χ1n) is 8.37.